The van der Waals surface area contributed by atoms with Crippen LogP contribution in [0.4, 0.5) is 5.95 Å². The lowest BCUT2D eigenvalue weighted by atomic mass is 10.0. The second kappa shape index (κ2) is 8.25. The molecule has 1 heterocycles. The van der Waals surface area contributed by atoms with E-state index in [9.17, 15) is 0 Å². The second-order valence-electron chi connectivity index (χ2n) is 6.67. The predicted octanol–water partition coefficient (Wildman–Crippen LogP) is 4.34. The fraction of sp³-hybridized carbons (Fsp3) is 0.318. The molecule has 0 fully saturated rings. The summed E-state index contributed by atoms with van der Waals surface area (Å²) in [7, 11) is 6.84. The van der Waals surface area contributed by atoms with Gasteiger partial charge in [-0.25, -0.2) is 4.98 Å². The Hall–Kier alpha value is -3.15. The van der Waals surface area contributed by atoms with Gasteiger partial charge in [0, 0.05) is 24.7 Å². The minimum absolute atomic E-state index is 0.542. The molecule has 3 aromatic rings. The van der Waals surface area contributed by atoms with E-state index >= 15 is 0 Å². The Morgan fingerprint density at radius 3 is 2.32 bits per heavy atom. The van der Waals surface area contributed by atoms with Crippen LogP contribution in [0, 0.1) is 13.8 Å². The molecule has 6 heteroatoms. The number of hydrogen-bond donors (Lipinski definition) is 1. The van der Waals surface area contributed by atoms with E-state index in [0.717, 1.165) is 22.8 Å². The van der Waals surface area contributed by atoms with Crippen molar-refractivity contribution in [2.45, 2.75) is 20.4 Å². The summed E-state index contributed by atoms with van der Waals surface area (Å²) >= 11 is 0. The Labute approximate surface area is 166 Å². The first-order chi connectivity index (χ1) is 13.5. The lowest BCUT2D eigenvalue weighted by Crippen LogP contribution is -2.08. The molecule has 0 saturated carbocycles. The molecule has 0 amide bonds. The molecule has 0 unspecified atom stereocenters. The highest BCUT2D eigenvalue weighted by molar-refractivity contribution is 5.63. The van der Waals surface area contributed by atoms with Gasteiger partial charge in [0.2, 0.25) is 11.7 Å². The molecule has 0 saturated heterocycles. The molecule has 28 heavy (non-hydrogen) atoms. The molecule has 0 aliphatic carbocycles. The highest BCUT2D eigenvalue weighted by Gasteiger charge is 2.16. The number of nitrogens with one attached hydrogen (secondary N) is 1. The Morgan fingerprint density at radius 2 is 1.68 bits per heavy atom. The van der Waals surface area contributed by atoms with E-state index in [2.05, 4.69) is 46.9 Å². The molecule has 1 aromatic heterocycles. The number of nitrogens with zero attached hydrogens (tertiary/aromatic N) is 2. The monoisotopic (exact) mass is 381 g/mol. The first-order valence-corrected chi connectivity index (χ1v) is 9.11. The normalized spacial score (nSPS) is 10.6. The van der Waals surface area contributed by atoms with E-state index in [1.807, 2.05) is 25.4 Å². The number of methoxy groups -OCH3 is 3. The summed E-state index contributed by atoms with van der Waals surface area (Å²) in [5, 5.41) is 3.38. The molecule has 0 bridgehead atoms. The molecule has 0 atom stereocenters. The molecule has 0 aliphatic heterocycles. The van der Waals surface area contributed by atoms with Crippen LogP contribution in [0.1, 0.15) is 16.7 Å². The average Bonchev–Trinajstić information content (AvgIpc) is 3.07. The Balaban J connectivity index is 1.84. The molecule has 6 nitrogen and oxygen atoms in total. The minimum Gasteiger partial charge on any atom is -0.493 e. The maximum atomic E-state index is 5.56. The lowest BCUT2D eigenvalue weighted by Gasteiger charge is -2.16. The molecule has 1 N–H and O–H groups in total. The van der Waals surface area contributed by atoms with Crippen molar-refractivity contribution >= 4 is 5.95 Å². The highest BCUT2D eigenvalue weighted by Crippen LogP contribution is 2.40. The van der Waals surface area contributed by atoms with Gasteiger partial charge in [0.1, 0.15) is 0 Å². The van der Waals surface area contributed by atoms with Crippen LogP contribution >= 0.6 is 0 Å². The summed E-state index contributed by atoms with van der Waals surface area (Å²) in [5.41, 5.74) is 5.71. The van der Waals surface area contributed by atoms with Crippen molar-refractivity contribution in [2.24, 2.45) is 7.05 Å². The standard InChI is InChI=1S/C22H27N3O3/c1-14-7-8-16(11-15(14)2)18-13-24-22(25(18)3)23-12-17-9-10-19(26-4)21(28-6)20(17)27-5/h7-11,13H,12H2,1-6H3,(H,23,24). The van der Waals surface area contributed by atoms with Gasteiger partial charge in [0.15, 0.2) is 11.5 Å². The first kappa shape index (κ1) is 19.6. The van der Waals surface area contributed by atoms with Gasteiger partial charge in [0.05, 0.1) is 33.2 Å². The third-order valence-electron chi connectivity index (χ3n) is 5.01. The van der Waals surface area contributed by atoms with Crippen LogP contribution in [0.25, 0.3) is 11.3 Å². The van der Waals surface area contributed by atoms with Gasteiger partial charge in [-0.05, 0) is 43.2 Å². The summed E-state index contributed by atoms with van der Waals surface area (Å²) in [6.45, 7) is 4.78. The number of hydrogen-bond acceptors (Lipinski definition) is 5. The molecule has 0 aliphatic rings. The molecular weight excluding hydrogens is 354 g/mol. The number of benzene rings is 2. The van der Waals surface area contributed by atoms with E-state index in [1.165, 1.54) is 11.1 Å². The maximum Gasteiger partial charge on any atom is 0.203 e. The van der Waals surface area contributed by atoms with Crippen LogP contribution in [-0.2, 0) is 13.6 Å². The number of ether oxygens (including phenoxy) is 3. The average molecular weight is 381 g/mol. The predicted molar refractivity (Wildman–Crippen MR) is 112 cm³/mol. The van der Waals surface area contributed by atoms with Crippen molar-refractivity contribution in [3.63, 3.8) is 0 Å². The zero-order valence-electron chi connectivity index (χ0n) is 17.3. The molecule has 148 valence electrons. The van der Waals surface area contributed by atoms with E-state index in [4.69, 9.17) is 14.2 Å². The number of rotatable bonds is 7. The summed E-state index contributed by atoms with van der Waals surface area (Å²) < 4.78 is 18.4. The van der Waals surface area contributed by atoms with Crippen molar-refractivity contribution < 1.29 is 14.2 Å². The zero-order valence-corrected chi connectivity index (χ0v) is 17.3. The van der Waals surface area contributed by atoms with Gasteiger partial charge in [-0.15, -0.1) is 0 Å². The van der Waals surface area contributed by atoms with Gasteiger partial charge in [0.25, 0.3) is 0 Å². The number of aromatic nitrogens is 2. The second-order valence-corrected chi connectivity index (χ2v) is 6.67. The SMILES string of the molecule is COc1ccc(CNc2ncc(-c3ccc(C)c(C)c3)n2C)c(OC)c1OC. The highest BCUT2D eigenvalue weighted by atomic mass is 16.5. The molecule has 2 aromatic carbocycles. The van der Waals surface area contributed by atoms with E-state index in [1.54, 1.807) is 21.3 Å². The summed E-state index contributed by atoms with van der Waals surface area (Å²) in [4.78, 5) is 4.55. The zero-order chi connectivity index (χ0) is 20.3. The third-order valence-corrected chi connectivity index (χ3v) is 5.01. The minimum atomic E-state index is 0.542. The van der Waals surface area contributed by atoms with Crippen LogP contribution in [0.15, 0.2) is 36.5 Å². The van der Waals surface area contributed by atoms with E-state index in [0.29, 0.717) is 23.8 Å². The van der Waals surface area contributed by atoms with Crippen molar-refractivity contribution in [2.75, 3.05) is 26.6 Å². The topological polar surface area (TPSA) is 57.5 Å². The van der Waals surface area contributed by atoms with Crippen molar-refractivity contribution in [1.82, 2.24) is 9.55 Å². The van der Waals surface area contributed by atoms with E-state index in [-0.39, 0.29) is 0 Å². The molecule has 0 spiro atoms. The number of anilines is 1. The summed E-state index contributed by atoms with van der Waals surface area (Å²) in [6, 6.07) is 10.3. The van der Waals surface area contributed by atoms with Gasteiger partial charge in [-0.2, -0.15) is 0 Å². The molecular formula is C22H27N3O3. The quantitative estimate of drug-likeness (QED) is 0.660. The maximum absolute atomic E-state index is 5.56. The van der Waals surface area contributed by atoms with Gasteiger partial charge < -0.3 is 24.1 Å². The number of aryl methyl sites for hydroxylation is 2. The Morgan fingerprint density at radius 1 is 0.929 bits per heavy atom. The first-order valence-electron chi connectivity index (χ1n) is 9.11. The van der Waals surface area contributed by atoms with Crippen LogP contribution in [-0.4, -0.2) is 30.9 Å². The van der Waals surface area contributed by atoms with Crippen molar-refractivity contribution in [3.05, 3.63) is 53.2 Å². The van der Waals surface area contributed by atoms with Gasteiger partial charge in [-0.3, -0.25) is 0 Å². The molecule has 0 radical (unpaired) electrons. The van der Waals surface area contributed by atoms with Crippen LogP contribution in [0.5, 0.6) is 17.2 Å². The lowest BCUT2D eigenvalue weighted by molar-refractivity contribution is 0.322. The summed E-state index contributed by atoms with van der Waals surface area (Å²) in [5.74, 6) is 2.65. The van der Waals surface area contributed by atoms with Crippen molar-refractivity contribution in [1.29, 1.82) is 0 Å². The van der Waals surface area contributed by atoms with Gasteiger partial charge >= 0.3 is 0 Å². The third kappa shape index (κ3) is 3.63. The van der Waals surface area contributed by atoms with E-state index < -0.39 is 0 Å². The van der Waals surface area contributed by atoms with Crippen LogP contribution in [0.2, 0.25) is 0 Å². The van der Waals surface area contributed by atoms with Crippen molar-refractivity contribution in [3.8, 4) is 28.5 Å². The fourth-order valence-corrected chi connectivity index (χ4v) is 3.22. The van der Waals surface area contributed by atoms with Crippen LogP contribution in [0.3, 0.4) is 0 Å². The Bertz CT molecular complexity index is 979. The Kier molecular flexibility index (Phi) is 5.78. The smallest absolute Gasteiger partial charge is 0.203 e. The largest absolute Gasteiger partial charge is 0.493 e. The van der Waals surface area contributed by atoms with Gasteiger partial charge in [-0.1, -0.05) is 12.1 Å². The van der Waals surface area contributed by atoms with Crippen LogP contribution < -0.4 is 19.5 Å². The fourth-order valence-electron chi connectivity index (χ4n) is 3.22. The number of imidazole rings is 1. The summed E-state index contributed by atoms with van der Waals surface area (Å²) in [6.07, 6.45) is 1.89. The molecule has 3 rings (SSSR count).